The number of hydrogen-bond donors (Lipinski definition) is 0. The van der Waals surface area contributed by atoms with E-state index in [-0.39, 0.29) is 10.6 Å². The van der Waals surface area contributed by atoms with Gasteiger partial charge in [-0.15, -0.1) is 0 Å². The van der Waals surface area contributed by atoms with E-state index < -0.39 is 0 Å². The number of aryl methyl sites for hydroxylation is 1. The zero-order valence-corrected chi connectivity index (χ0v) is 11.7. The summed E-state index contributed by atoms with van der Waals surface area (Å²) < 4.78 is 1.85. The van der Waals surface area contributed by atoms with Crippen LogP contribution in [0.1, 0.15) is 20.3 Å². The second kappa shape index (κ2) is 5.63. The van der Waals surface area contributed by atoms with E-state index in [4.69, 9.17) is 23.2 Å². The van der Waals surface area contributed by atoms with Gasteiger partial charge in [0.2, 0.25) is 10.6 Å². The predicted molar refractivity (Wildman–Crippen MR) is 70.5 cm³/mol. The Labute approximate surface area is 115 Å². The first-order valence-electron chi connectivity index (χ1n) is 5.65. The quantitative estimate of drug-likeness (QED) is 0.866. The van der Waals surface area contributed by atoms with Crippen LogP contribution in [0.2, 0.25) is 10.6 Å². The molecule has 0 bridgehead atoms. The molecule has 2 heterocycles. The molecule has 7 heteroatoms. The van der Waals surface area contributed by atoms with Crippen molar-refractivity contribution in [2.24, 2.45) is 5.92 Å². The van der Waals surface area contributed by atoms with Gasteiger partial charge in [-0.25, -0.2) is 0 Å². The number of halogens is 2. The Morgan fingerprint density at radius 1 is 1.17 bits per heavy atom. The van der Waals surface area contributed by atoms with Gasteiger partial charge in [0.1, 0.15) is 5.69 Å². The summed E-state index contributed by atoms with van der Waals surface area (Å²) >= 11 is 11.5. The van der Waals surface area contributed by atoms with Gasteiger partial charge < -0.3 is 0 Å². The molecule has 0 spiro atoms. The molecule has 0 saturated heterocycles. The number of nitrogens with zero attached hydrogens (tertiary/aromatic N) is 5. The van der Waals surface area contributed by atoms with Crippen molar-refractivity contribution >= 4 is 23.2 Å². The third-order valence-corrected chi connectivity index (χ3v) is 2.78. The van der Waals surface area contributed by atoms with Crippen molar-refractivity contribution in [3.8, 4) is 11.5 Å². The van der Waals surface area contributed by atoms with E-state index in [1.54, 1.807) is 6.20 Å². The van der Waals surface area contributed by atoms with Crippen LogP contribution in [0.4, 0.5) is 0 Å². The van der Waals surface area contributed by atoms with Crippen LogP contribution in [-0.2, 0) is 6.54 Å². The van der Waals surface area contributed by atoms with Crippen LogP contribution >= 0.6 is 23.2 Å². The van der Waals surface area contributed by atoms with Gasteiger partial charge in [-0.1, -0.05) is 13.8 Å². The lowest BCUT2D eigenvalue weighted by atomic mass is 10.1. The molecule has 0 atom stereocenters. The number of hydrogen-bond acceptors (Lipinski definition) is 4. The van der Waals surface area contributed by atoms with E-state index in [2.05, 4.69) is 33.9 Å². The molecule has 18 heavy (non-hydrogen) atoms. The summed E-state index contributed by atoms with van der Waals surface area (Å²) in [4.78, 5) is 11.9. The molecule has 0 aliphatic rings. The van der Waals surface area contributed by atoms with Crippen LogP contribution in [0.25, 0.3) is 11.5 Å². The molecule has 2 rings (SSSR count). The van der Waals surface area contributed by atoms with E-state index in [9.17, 15) is 0 Å². The van der Waals surface area contributed by atoms with Crippen molar-refractivity contribution in [2.75, 3.05) is 0 Å². The number of aromatic nitrogens is 5. The molecule has 0 radical (unpaired) electrons. The molecular weight excluding hydrogens is 273 g/mol. The van der Waals surface area contributed by atoms with Crippen molar-refractivity contribution in [2.45, 2.75) is 26.8 Å². The largest absolute Gasteiger partial charge is 0.262 e. The minimum atomic E-state index is 0.0848. The van der Waals surface area contributed by atoms with Gasteiger partial charge in [-0.05, 0) is 41.6 Å². The van der Waals surface area contributed by atoms with Crippen LogP contribution in [0, 0.1) is 5.92 Å². The van der Waals surface area contributed by atoms with Crippen LogP contribution in [0.5, 0.6) is 0 Å². The standard InChI is InChI=1S/C11H13Cl2N5/c1-7(2)4-6-18-8(3-5-14-18)9-15-10(12)17-11(13)16-9/h3,5,7H,4,6H2,1-2H3. The van der Waals surface area contributed by atoms with E-state index >= 15 is 0 Å². The zero-order valence-electron chi connectivity index (χ0n) is 10.1. The van der Waals surface area contributed by atoms with Gasteiger partial charge in [0, 0.05) is 12.7 Å². The third-order valence-electron chi connectivity index (χ3n) is 2.44. The smallest absolute Gasteiger partial charge is 0.227 e. The molecule has 0 aromatic carbocycles. The molecule has 96 valence electrons. The summed E-state index contributed by atoms with van der Waals surface area (Å²) in [5, 5.41) is 4.42. The third kappa shape index (κ3) is 3.17. The maximum absolute atomic E-state index is 5.77. The second-order valence-electron chi connectivity index (χ2n) is 4.32. The fourth-order valence-corrected chi connectivity index (χ4v) is 1.89. The first kappa shape index (κ1) is 13.2. The average Bonchev–Trinajstić information content (AvgIpc) is 2.72. The summed E-state index contributed by atoms with van der Waals surface area (Å²) in [7, 11) is 0. The Morgan fingerprint density at radius 2 is 1.83 bits per heavy atom. The lowest BCUT2D eigenvalue weighted by Crippen LogP contribution is -2.06. The summed E-state index contributed by atoms with van der Waals surface area (Å²) in [6.07, 6.45) is 2.74. The topological polar surface area (TPSA) is 56.5 Å². The molecule has 5 nitrogen and oxygen atoms in total. The highest BCUT2D eigenvalue weighted by molar-refractivity contribution is 6.31. The van der Waals surface area contributed by atoms with E-state index in [0.29, 0.717) is 11.7 Å². The SMILES string of the molecule is CC(C)CCn1nccc1-c1nc(Cl)nc(Cl)n1. The van der Waals surface area contributed by atoms with Crippen molar-refractivity contribution in [3.05, 3.63) is 22.8 Å². The van der Waals surface area contributed by atoms with Gasteiger partial charge >= 0.3 is 0 Å². The molecule has 0 aliphatic carbocycles. The van der Waals surface area contributed by atoms with E-state index in [1.807, 2.05) is 10.7 Å². The second-order valence-corrected chi connectivity index (χ2v) is 5.00. The average molecular weight is 286 g/mol. The summed E-state index contributed by atoms with van der Waals surface area (Å²) in [6, 6.07) is 1.84. The number of rotatable bonds is 4. The van der Waals surface area contributed by atoms with Gasteiger partial charge in [-0.2, -0.15) is 20.1 Å². The first-order chi connectivity index (χ1) is 8.56. The van der Waals surface area contributed by atoms with Gasteiger partial charge in [0.25, 0.3) is 0 Å². The van der Waals surface area contributed by atoms with Crippen molar-refractivity contribution in [3.63, 3.8) is 0 Å². The Kier molecular flexibility index (Phi) is 4.14. The summed E-state index contributed by atoms with van der Waals surface area (Å²) in [5.41, 5.74) is 0.793. The first-order valence-corrected chi connectivity index (χ1v) is 6.41. The highest BCUT2D eigenvalue weighted by Crippen LogP contribution is 2.18. The Bertz CT molecular complexity index is 518. The molecule has 0 unspecified atom stereocenters. The molecular formula is C11H13Cl2N5. The highest BCUT2D eigenvalue weighted by Gasteiger charge is 2.11. The van der Waals surface area contributed by atoms with Gasteiger partial charge in [0.15, 0.2) is 5.82 Å². The maximum atomic E-state index is 5.77. The van der Waals surface area contributed by atoms with E-state index in [1.165, 1.54) is 0 Å². The zero-order chi connectivity index (χ0) is 13.1. The monoisotopic (exact) mass is 285 g/mol. The molecule has 2 aromatic rings. The lowest BCUT2D eigenvalue weighted by molar-refractivity contribution is 0.489. The van der Waals surface area contributed by atoms with Crippen LogP contribution in [0.3, 0.4) is 0 Å². The highest BCUT2D eigenvalue weighted by atomic mass is 35.5. The predicted octanol–water partition coefficient (Wildman–Crippen LogP) is 3.09. The fraction of sp³-hybridized carbons (Fsp3) is 0.455. The minimum Gasteiger partial charge on any atom is -0.262 e. The van der Waals surface area contributed by atoms with Crippen molar-refractivity contribution in [1.29, 1.82) is 0 Å². The Hall–Kier alpha value is -1.20. The summed E-state index contributed by atoms with van der Waals surface area (Å²) in [6.45, 7) is 5.14. The van der Waals surface area contributed by atoms with Crippen LogP contribution < -0.4 is 0 Å². The molecule has 0 N–H and O–H groups in total. The molecule has 2 aromatic heterocycles. The molecule has 0 saturated carbocycles. The Morgan fingerprint density at radius 3 is 2.44 bits per heavy atom. The van der Waals surface area contributed by atoms with Gasteiger partial charge in [-0.3, -0.25) is 4.68 Å². The molecule has 0 amide bonds. The molecule has 0 aliphatic heterocycles. The Balaban J connectivity index is 2.30. The lowest BCUT2D eigenvalue weighted by Gasteiger charge is -2.08. The van der Waals surface area contributed by atoms with Crippen LogP contribution in [-0.4, -0.2) is 24.7 Å². The van der Waals surface area contributed by atoms with Gasteiger partial charge in [0.05, 0.1) is 0 Å². The maximum Gasteiger partial charge on any atom is 0.227 e. The van der Waals surface area contributed by atoms with Crippen LogP contribution in [0.15, 0.2) is 12.3 Å². The van der Waals surface area contributed by atoms with E-state index in [0.717, 1.165) is 18.7 Å². The molecule has 0 fully saturated rings. The fourth-order valence-electron chi connectivity index (χ4n) is 1.52. The summed E-state index contributed by atoms with van der Waals surface area (Å²) in [5.74, 6) is 1.05. The minimum absolute atomic E-state index is 0.0848. The van der Waals surface area contributed by atoms with Crippen molar-refractivity contribution in [1.82, 2.24) is 24.7 Å². The van der Waals surface area contributed by atoms with Crippen molar-refractivity contribution < 1.29 is 0 Å². The normalized spacial score (nSPS) is 11.2.